The Balaban J connectivity index is 2.22. The fraction of sp³-hybridized carbons (Fsp3) is 0.923. The molecular weight excluding hydrogens is 230 g/mol. The predicted octanol–water partition coefficient (Wildman–Crippen LogP) is 0.0767. The van der Waals surface area contributed by atoms with E-state index in [9.17, 15) is 9.90 Å². The topological polar surface area (TPSA) is 55.8 Å². The number of likely N-dealkylation sites (N-methyl/N-ethyl adjacent to an activating group) is 1. The van der Waals surface area contributed by atoms with Gasteiger partial charge in [0.05, 0.1) is 0 Å². The third-order valence-electron chi connectivity index (χ3n) is 4.68. The lowest BCUT2D eigenvalue weighted by Crippen LogP contribution is -2.67. The van der Waals surface area contributed by atoms with Gasteiger partial charge in [-0.2, -0.15) is 0 Å². The number of hydrogen-bond donors (Lipinski definition) is 2. The van der Waals surface area contributed by atoms with Crippen molar-refractivity contribution in [3.05, 3.63) is 0 Å². The second-order valence-corrected chi connectivity index (χ2v) is 5.58. The zero-order valence-corrected chi connectivity index (χ0v) is 11.5. The fourth-order valence-corrected chi connectivity index (χ4v) is 3.45. The van der Waals surface area contributed by atoms with E-state index in [1.807, 2.05) is 0 Å². The Bertz CT molecular complexity index is 303. The van der Waals surface area contributed by atoms with Crippen molar-refractivity contribution in [3.8, 4) is 0 Å². The van der Waals surface area contributed by atoms with Crippen molar-refractivity contribution in [3.63, 3.8) is 0 Å². The minimum atomic E-state index is -0.638. The van der Waals surface area contributed by atoms with Gasteiger partial charge in [0, 0.05) is 38.6 Å². The number of carboxylic acids is 1. The molecule has 0 aromatic carbocycles. The first-order valence-electron chi connectivity index (χ1n) is 6.99. The highest BCUT2D eigenvalue weighted by Crippen LogP contribution is 2.34. The molecule has 0 aromatic heterocycles. The van der Waals surface area contributed by atoms with Gasteiger partial charge in [-0.3, -0.25) is 9.69 Å². The van der Waals surface area contributed by atoms with Crippen molar-refractivity contribution in [1.82, 2.24) is 15.1 Å². The van der Waals surface area contributed by atoms with Gasteiger partial charge in [-0.1, -0.05) is 6.92 Å². The van der Waals surface area contributed by atoms with Crippen LogP contribution in [0.3, 0.4) is 0 Å². The average Bonchev–Trinajstić information content (AvgIpc) is 2.39. The molecule has 0 aliphatic carbocycles. The summed E-state index contributed by atoms with van der Waals surface area (Å²) >= 11 is 0. The van der Waals surface area contributed by atoms with E-state index in [2.05, 4.69) is 29.1 Å². The normalized spacial score (nSPS) is 35.6. The second kappa shape index (κ2) is 5.55. The first-order valence-corrected chi connectivity index (χ1v) is 6.99. The molecule has 0 bridgehead atoms. The molecule has 2 fully saturated rings. The summed E-state index contributed by atoms with van der Waals surface area (Å²) < 4.78 is 0. The molecule has 2 unspecified atom stereocenters. The Morgan fingerprint density at radius 1 is 1.39 bits per heavy atom. The van der Waals surface area contributed by atoms with E-state index in [0.29, 0.717) is 0 Å². The lowest BCUT2D eigenvalue weighted by atomic mass is 9.75. The van der Waals surface area contributed by atoms with Gasteiger partial charge in [0.1, 0.15) is 5.54 Å². The van der Waals surface area contributed by atoms with Crippen LogP contribution in [-0.4, -0.2) is 72.7 Å². The summed E-state index contributed by atoms with van der Waals surface area (Å²) in [4.78, 5) is 16.4. The maximum absolute atomic E-state index is 11.9. The molecule has 0 radical (unpaired) electrons. The minimum Gasteiger partial charge on any atom is -0.480 e. The zero-order chi connectivity index (χ0) is 13.2. The molecule has 2 heterocycles. The van der Waals surface area contributed by atoms with Crippen LogP contribution >= 0.6 is 0 Å². The van der Waals surface area contributed by atoms with Crippen LogP contribution in [0.2, 0.25) is 0 Å². The number of carboxylic acid groups (broad SMARTS) is 1. The smallest absolute Gasteiger partial charge is 0.324 e. The van der Waals surface area contributed by atoms with Crippen LogP contribution in [0.4, 0.5) is 0 Å². The van der Waals surface area contributed by atoms with E-state index in [-0.39, 0.29) is 5.92 Å². The molecule has 2 atom stereocenters. The summed E-state index contributed by atoms with van der Waals surface area (Å²) in [6.07, 6.45) is 1.65. The van der Waals surface area contributed by atoms with Crippen LogP contribution in [0, 0.1) is 5.92 Å². The summed E-state index contributed by atoms with van der Waals surface area (Å²) in [7, 11) is 2.10. The predicted molar refractivity (Wildman–Crippen MR) is 70.7 cm³/mol. The maximum Gasteiger partial charge on any atom is 0.324 e. The Morgan fingerprint density at radius 3 is 2.61 bits per heavy atom. The molecule has 5 heteroatoms. The summed E-state index contributed by atoms with van der Waals surface area (Å²) in [6.45, 7) is 7.44. The van der Waals surface area contributed by atoms with Crippen LogP contribution < -0.4 is 5.32 Å². The summed E-state index contributed by atoms with van der Waals surface area (Å²) in [5.74, 6) is -0.410. The Labute approximate surface area is 109 Å². The maximum atomic E-state index is 11.9. The van der Waals surface area contributed by atoms with Crippen molar-refractivity contribution in [2.24, 2.45) is 5.92 Å². The number of piperazine rings is 1. The van der Waals surface area contributed by atoms with Crippen LogP contribution in [0.15, 0.2) is 0 Å². The Kier molecular flexibility index (Phi) is 4.25. The standard InChI is InChI=1S/C13H25N3O2/c1-3-11-10-14-5-4-13(11,12(17)18)16-8-6-15(2)7-9-16/h11,14H,3-10H2,1-2H3,(H,17,18). The Hall–Kier alpha value is -0.650. The molecule has 2 aliphatic heterocycles. The van der Waals surface area contributed by atoms with Gasteiger partial charge in [0.2, 0.25) is 0 Å². The number of aliphatic carboxylic acids is 1. The molecule has 18 heavy (non-hydrogen) atoms. The number of rotatable bonds is 3. The van der Waals surface area contributed by atoms with Gasteiger partial charge in [0.25, 0.3) is 0 Å². The number of nitrogens with zero attached hydrogens (tertiary/aromatic N) is 2. The number of nitrogens with one attached hydrogen (secondary N) is 1. The molecule has 0 spiro atoms. The second-order valence-electron chi connectivity index (χ2n) is 5.58. The van der Waals surface area contributed by atoms with Crippen molar-refractivity contribution >= 4 is 5.97 Å². The van der Waals surface area contributed by atoms with Gasteiger partial charge >= 0.3 is 5.97 Å². The molecule has 0 aromatic rings. The molecule has 2 N–H and O–H groups in total. The van der Waals surface area contributed by atoms with Crippen molar-refractivity contribution < 1.29 is 9.90 Å². The van der Waals surface area contributed by atoms with E-state index in [1.165, 1.54) is 0 Å². The summed E-state index contributed by atoms with van der Waals surface area (Å²) in [5.41, 5.74) is -0.638. The monoisotopic (exact) mass is 255 g/mol. The van der Waals surface area contributed by atoms with E-state index < -0.39 is 11.5 Å². The van der Waals surface area contributed by atoms with Crippen LogP contribution in [-0.2, 0) is 4.79 Å². The average molecular weight is 255 g/mol. The third kappa shape index (κ3) is 2.27. The van der Waals surface area contributed by atoms with Gasteiger partial charge in [-0.05, 0) is 26.4 Å². The lowest BCUT2D eigenvalue weighted by molar-refractivity contribution is -0.160. The highest BCUT2D eigenvalue weighted by Gasteiger charge is 2.51. The molecular formula is C13H25N3O2. The first-order chi connectivity index (χ1) is 8.61. The summed E-state index contributed by atoms with van der Waals surface area (Å²) in [6, 6.07) is 0. The quantitative estimate of drug-likeness (QED) is 0.748. The van der Waals surface area contributed by atoms with Gasteiger partial charge in [0.15, 0.2) is 0 Å². The molecule has 5 nitrogen and oxygen atoms in total. The molecule has 2 rings (SSSR count). The van der Waals surface area contributed by atoms with Crippen molar-refractivity contribution in [2.45, 2.75) is 25.3 Å². The van der Waals surface area contributed by atoms with E-state index in [4.69, 9.17) is 0 Å². The van der Waals surface area contributed by atoms with Gasteiger partial charge in [-0.25, -0.2) is 0 Å². The number of carbonyl (C=O) groups is 1. The van der Waals surface area contributed by atoms with E-state index >= 15 is 0 Å². The summed E-state index contributed by atoms with van der Waals surface area (Å²) in [5, 5.41) is 13.2. The molecule has 104 valence electrons. The number of piperidine rings is 1. The minimum absolute atomic E-state index is 0.215. The van der Waals surface area contributed by atoms with Crippen molar-refractivity contribution in [1.29, 1.82) is 0 Å². The molecule has 0 amide bonds. The highest BCUT2D eigenvalue weighted by atomic mass is 16.4. The molecule has 0 saturated carbocycles. The third-order valence-corrected chi connectivity index (χ3v) is 4.68. The highest BCUT2D eigenvalue weighted by molar-refractivity contribution is 5.79. The van der Waals surface area contributed by atoms with Crippen LogP contribution in [0.5, 0.6) is 0 Å². The fourth-order valence-electron chi connectivity index (χ4n) is 3.45. The van der Waals surface area contributed by atoms with Crippen LogP contribution in [0.1, 0.15) is 19.8 Å². The van der Waals surface area contributed by atoms with E-state index in [1.54, 1.807) is 0 Å². The first kappa shape index (κ1) is 13.8. The van der Waals surface area contributed by atoms with Gasteiger partial charge in [-0.15, -0.1) is 0 Å². The molecule has 2 aliphatic rings. The Morgan fingerprint density at radius 2 is 2.06 bits per heavy atom. The van der Waals surface area contributed by atoms with Gasteiger partial charge < -0.3 is 15.3 Å². The lowest BCUT2D eigenvalue weighted by Gasteiger charge is -2.50. The van der Waals surface area contributed by atoms with Crippen molar-refractivity contribution in [2.75, 3.05) is 46.3 Å². The largest absolute Gasteiger partial charge is 0.480 e. The van der Waals surface area contributed by atoms with Crippen LogP contribution in [0.25, 0.3) is 0 Å². The zero-order valence-electron chi connectivity index (χ0n) is 11.5. The number of hydrogen-bond acceptors (Lipinski definition) is 4. The van der Waals surface area contributed by atoms with E-state index in [0.717, 1.165) is 52.1 Å². The molecule has 2 saturated heterocycles. The SMILES string of the molecule is CCC1CNCCC1(C(=O)O)N1CCN(C)CC1.